The standard InChI is InChI=1S/C10H21N3O/c1-8(2)12-10(14)13(3)9-5-4-6-11-7-9/h8-9,11H,4-7H2,1-3H3,(H,12,14). The summed E-state index contributed by atoms with van der Waals surface area (Å²) >= 11 is 0. The van der Waals surface area contributed by atoms with Gasteiger partial charge in [0.1, 0.15) is 0 Å². The molecular formula is C10H21N3O. The predicted molar refractivity (Wildman–Crippen MR) is 57.3 cm³/mol. The van der Waals surface area contributed by atoms with Crippen molar-refractivity contribution in [1.29, 1.82) is 0 Å². The molecule has 1 fully saturated rings. The monoisotopic (exact) mass is 199 g/mol. The number of urea groups is 1. The highest BCUT2D eigenvalue weighted by atomic mass is 16.2. The van der Waals surface area contributed by atoms with Crippen LogP contribution in [0.5, 0.6) is 0 Å². The number of rotatable bonds is 2. The number of piperidine rings is 1. The smallest absolute Gasteiger partial charge is 0.317 e. The van der Waals surface area contributed by atoms with E-state index in [1.165, 1.54) is 0 Å². The molecule has 0 aromatic heterocycles. The molecular weight excluding hydrogens is 178 g/mol. The Morgan fingerprint density at radius 2 is 2.29 bits per heavy atom. The van der Waals surface area contributed by atoms with Crippen LogP contribution in [-0.4, -0.2) is 43.2 Å². The number of nitrogens with one attached hydrogen (secondary N) is 2. The third-order valence-electron chi connectivity index (χ3n) is 2.55. The molecule has 0 radical (unpaired) electrons. The molecule has 1 saturated heterocycles. The van der Waals surface area contributed by atoms with Crippen molar-refractivity contribution < 1.29 is 4.79 Å². The molecule has 4 heteroatoms. The molecule has 1 unspecified atom stereocenters. The maximum atomic E-state index is 11.6. The van der Waals surface area contributed by atoms with Gasteiger partial charge in [-0.2, -0.15) is 0 Å². The fourth-order valence-electron chi connectivity index (χ4n) is 1.68. The molecule has 1 aliphatic heterocycles. The number of hydrogen-bond acceptors (Lipinski definition) is 2. The van der Waals surface area contributed by atoms with E-state index in [0.29, 0.717) is 6.04 Å². The second-order valence-electron chi connectivity index (χ2n) is 4.22. The Balaban J connectivity index is 2.38. The maximum absolute atomic E-state index is 11.6. The Morgan fingerprint density at radius 3 is 2.79 bits per heavy atom. The Bertz CT molecular complexity index is 188. The van der Waals surface area contributed by atoms with Crippen molar-refractivity contribution in [2.45, 2.75) is 38.8 Å². The van der Waals surface area contributed by atoms with Gasteiger partial charge >= 0.3 is 6.03 Å². The number of amides is 2. The highest BCUT2D eigenvalue weighted by Crippen LogP contribution is 2.08. The summed E-state index contributed by atoms with van der Waals surface area (Å²) in [5.74, 6) is 0. The van der Waals surface area contributed by atoms with E-state index in [0.717, 1.165) is 25.9 Å². The molecule has 0 aromatic carbocycles. The van der Waals surface area contributed by atoms with E-state index in [-0.39, 0.29) is 12.1 Å². The highest BCUT2D eigenvalue weighted by Gasteiger charge is 2.21. The largest absolute Gasteiger partial charge is 0.336 e. The summed E-state index contributed by atoms with van der Waals surface area (Å²) in [6.45, 7) is 5.95. The average molecular weight is 199 g/mol. The van der Waals surface area contributed by atoms with Crippen molar-refractivity contribution in [2.75, 3.05) is 20.1 Å². The summed E-state index contributed by atoms with van der Waals surface area (Å²) in [5.41, 5.74) is 0. The van der Waals surface area contributed by atoms with Crippen LogP contribution in [0.2, 0.25) is 0 Å². The van der Waals surface area contributed by atoms with E-state index < -0.39 is 0 Å². The lowest BCUT2D eigenvalue weighted by Gasteiger charge is -2.32. The SMILES string of the molecule is CC(C)NC(=O)N(C)C1CCCNC1. The molecule has 2 N–H and O–H groups in total. The van der Waals surface area contributed by atoms with Crippen LogP contribution in [0.1, 0.15) is 26.7 Å². The zero-order valence-corrected chi connectivity index (χ0v) is 9.34. The zero-order chi connectivity index (χ0) is 10.6. The van der Waals surface area contributed by atoms with Gasteiger partial charge in [-0.15, -0.1) is 0 Å². The minimum absolute atomic E-state index is 0.0358. The molecule has 0 aromatic rings. The fraction of sp³-hybridized carbons (Fsp3) is 0.900. The summed E-state index contributed by atoms with van der Waals surface area (Å²) in [6, 6.07) is 0.595. The first-order valence-corrected chi connectivity index (χ1v) is 5.35. The van der Waals surface area contributed by atoms with E-state index in [2.05, 4.69) is 10.6 Å². The Kier molecular flexibility index (Phi) is 4.20. The normalized spacial score (nSPS) is 22.1. The first-order valence-electron chi connectivity index (χ1n) is 5.35. The first-order chi connectivity index (χ1) is 6.61. The van der Waals surface area contributed by atoms with Gasteiger partial charge in [0.05, 0.1) is 0 Å². The summed E-state index contributed by atoms with van der Waals surface area (Å²) in [5, 5.41) is 6.20. The van der Waals surface area contributed by atoms with Crippen molar-refractivity contribution in [3.05, 3.63) is 0 Å². The fourth-order valence-corrected chi connectivity index (χ4v) is 1.68. The van der Waals surface area contributed by atoms with Crippen LogP contribution in [0, 0.1) is 0 Å². The van der Waals surface area contributed by atoms with Gasteiger partial charge in [-0.1, -0.05) is 0 Å². The lowest BCUT2D eigenvalue weighted by atomic mass is 10.1. The summed E-state index contributed by atoms with van der Waals surface area (Å²) < 4.78 is 0. The van der Waals surface area contributed by atoms with Crippen molar-refractivity contribution in [1.82, 2.24) is 15.5 Å². The van der Waals surface area contributed by atoms with Crippen LogP contribution < -0.4 is 10.6 Å². The van der Waals surface area contributed by atoms with Crippen molar-refractivity contribution in [3.63, 3.8) is 0 Å². The molecule has 1 heterocycles. The van der Waals surface area contributed by atoms with Crippen LogP contribution in [0.25, 0.3) is 0 Å². The Labute approximate surface area is 86.0 Å². The van der Waals surface area contributed by atoms with Crippen LogP contribution in [0.4, 0.5) is 4.79 Å². The molecule has 1 atom stereocenters. The van der Waals surface area contributed by atoms with Gasteiger partial charge in [0.25, 0.3) is 0 Å². The van der Waals surface area contributed by atoms with Crippen molar-refractivity contribution in [2.24, 2.45) is 0 Å². The Morgan fingerprint density at radius 1 is 1.57 bits per heavy atom. The van der Waals surface area contributed by atoms with Gasteiger partial charge < -0.3 is 15.5 Å². The second kappa shape index (κ2) is 5.20. The van der Waals surface area contributed by atoms with Crippen LogP contribution in [0.15, 0.2) is 0 Å². The molecule has 0 spiro atoms. The zero-order valence-electron chi connectivity index (χ0n) is 9.34. The summed E-state index contributed by atoms with van der Waals surface area (Å²) in [4.78, 5) is 13.5. The lowest BCUT2D eigenvalue weighted by molar-refractivity contribution is 0.176. The molecule has 0 saturated carbocycles. The van der Waals surface area contributed by atoms with Gasteiger partial charge in [-0.25, -0.2) is 4.79 Å². The number of carbonyl (C=O) groups excluding carboxylic acids is 1. The average Bonchev–Trinajstić information content (AvgIpc) is 2.17. The summed E-state index contributed by atoms with van der Waals surface area (Å²) in [7, 11) is 1.87. The minimum atomic E-state index is 0.0358. The second-order valence-corrected chi connectivity index (χ2v) is 4.22. The third-order valence-corrected chi connectivity index (χ3v) is 2.55. The van der Waals surface area contributed by atoms with Crippen LogP contribution in [-0.2, 0) is 0 Å². The van der Waals surface area contributed by atoms with Gasteiger partial charge in [-0.05, 0) is 33.2 Å². The summed E-state index contributed by atoms with van der Waals surface area (Å²) in [6.07, 6.45) is 2.26. The highest BCUT2D eigenvalue weighted by molar-refractivity contribution is 5.74. The van der Waals surface area contributed by atoms with E-state index in [1.807, 2.05) is 25.8 Å². The van der Waals surface area contributed by atoms with E-state index >= 15 is 0 Å². The van der Waals surface area contributed by atoms with E-state index in [9.17, 15) is 4.79 Å². The molecule has 82 valence electrons. The number of likely N-dealkylation sites (N-methyl/N-ethyl adjacent to an activating group) is 1. The van der Waals surface area contributed by atoms with Gasteiger partial charge in [0.15, 0.2) is 0 Å². The van der Waals surface area contributed by atoms with Crippen molar-refractivity contribution in [3.8, 4) is 0 Å². The number of carbonyl (C=O) groups is 1. The molecule has 2 amide bonds. The van der Waals surface area contributed by atoms with Gasteiger partial charge in [0.2, 0.25) is 0 Å². The molecule has 1 aliphatic rings. The topological polar surface area (TPSA) is 44.4 Å². The third kappa shape index (κ3) is 3.18. The number of nitrogens with zero attached hydrogens (tertiary/aromatic N) is 1. The predicted octanol–water partition coefficient (Wildman–Crippen LogP) is 0.788. The lowest BCUT2D eigenvalue weighted by Crippen LogP contribution is -2.51. The Hall–Kier alpha value is -0.770. The molecule has 1 rings (SSSR count). The van der Waals surface area contributed by atoms with Gasteiger partial charge in [-0.3, -0.25) is 0 Å². The van der Waals surface area contributed by atoms with Gasteiger partial charge in [0, 0.05) is 25.7 Å². The van der Waals surface area contributed by atoms with Crippen LogP contribution in [0.3, 0.4) is 0 Å². The quantitative estimate of drug-likeness (QED) is 0.690. The maximum Gasteiger partial charge on any atom is 0.317 e. The van der Waals surface area contributed by atoms with E-state index in [1.54, 1.807) is 0 Å². The molecule has 14 heavy (non-hydrogen) atoms. The first kappa shape index (κ1) is 11.3. The van der Waals surface area contributed by atoms with E-state index in [4.69, 9.17) is 0 Å². The number of hydrogen-bond donors (Lipinski definition) is 2. The minimum Gasteiger partial charge on any atom is -0.336 e. The molecule has 4 nitrogen and oxygen atoms in total. The molecule has 0 bridgehead atoms. The van der Waals surface area contributed by atoms with Crippen molar-refractivity contribution >= 4 is 6.03 Å². The molecule has 0 aliphatic carbocycles. The van der Waals surface area contributed by atoms with Crippen LogP contribution >= 0.6 is 0 Å².